The fourth-order valence-corrected chi connectivity index (χ4v) is 2.52. The monoisotopic (exact) mass is 263 g/mol. The summed E-state index contributed by atoms with van der Waals surface area (Å²) in [5.74, 6) is 0. The molecule has 0 aliphatic rings. The van der Waals surface area contributed by atoms with E-state index in [0.717, 1.165) is 19.5 Å². The molecule has 0 amide bonds. The Hall–Kier alpha value is -1.06. The zero-order valence-electron chi connectivity index (χ0n) is 13.1. The lowest BCUT2D eigenvalue weighted by Crippen LogP contribution is -2.40. The molecule has 19 heavy (non-hydrogen) atoms. The number of likely N-dealkylation sites (N-methyl/N-ethyl adjacent to an activating group) is 2. The first-order chi connectivity index (χ1) is 8.99. The van der Waals surface area contributed by atoms with E-state index in [4.69, 9.17) is 5.73 Å². The van der Waals surface area contributed by atoms with Gasteiger partial charge in [0.05, 0.1) is 0 Å². The lowest BCUT2D eigenvalue weighted by atomic mass is 10.0. The molecule has 1 unspecified atom stereocenters. The second-order valence-electron chi connectivity index (χ2n) is 5.50. The van der Waals surface area contributed by atoms with E-state index in [1.807, 2.05) is 0 Å². The lowest BCUT2D eigenvalue weighted by Gasteiger charge is -2.32. The second kappa shape index (κ2) is 7.51. The quantitative estimate of drug-likeness (QED) is 0.821. The standard InChI is InChI=1S/C16H29N3/c1-6-16(17)14-8-10-15(11-9-14)19(7-2)13(3)12-18(4)5/h8-11,13,16H,6-7,12,17H2,1-5H3/t13?,16-/m0/s1. The van der Waals surface area contributed by atoms with Gasteiger partial charge in [-0.3, -0.25) is 0 Å². The maximum absolute atomic E-state index is 6.06. The van der Waals surface area contributed by atoms with Gasteiger partial charge in [0, 0.05) is 30.9 Å². The first-order valence-electron chi connectivity index (χ1n) is 7.26. The van der Waals surface area contributed by atoms with Crippen molar-refractivity contribution in [3.05, 3.63) is 29.8 Å². The molecule has 3 nitrogen and oxygen atoms in total. The van der Waals surface area contributed by atoms with Crippen LogP contribution in [-0.2, 0) is 0 Å². The molecule has 0 fully saturated rings. The van der Waals surface area contributed by atoms with Gasteiger partial charge in [0.2, 0.25) is 0 Å². The van der Waals surface area contributed by atoms with Crippen LogP contribution in [0.5, 0.6) is 0 Å². The van der Waals surface area contributed by atoms with Crippen molar-refractivity contribution in [2.24, 2.45) is 5.73 Å². The van der Waals surface area contributed by atoms with Crippen LogP contribution in [0.2, 0.25) is 0 Å². The minimum Gasteiger partial charge on any atom is -0.368 e. The molecule has 0 saturated heterocycles. The predicted molar refractivity (Wildman–Crippen MR) is 84.7 cm³/mol. The molecule has 0 aliphatic heterocycles. The maximum atomic E-state index is 6.06. The Morgan fingerprint density at radius 2 is 1.68 bits per heavy atom. The summed E-state index contributed by atoms with van der Waals surface area (Å²) in [6.45, 7) is 8.68. The molecule has 0 bridgehead atoms. The van der Waals surface area contributed by atoms with Gasteiger partial charge >= 0.3 is 0 Å². The van der Waals surface area contributed by atoms with E-state index < -0.39 is 0 Å². The Balaban J connectivity index is 2.81. The molecule has 2 atom stereocenters. The number of hydrogen-bond donors (Lipinski definition) is 1. The first kappa shape index (κ1) is 16.0. The van der Waals surface area contributed by atoms with E-state index in [1.165, 1.54) is 11.3 Å². The highest BCUT2D eigenvalue weighted by Crippen LogP contribution is 2.21. The molecule has 2 N–H and O–H groups in total. The third-order valence-electron chi connectivity index (χ3n) is 3.59. The zero-order chi connectivity index (χ0) is 14.4. The number of benzene rings is 1. The molecule has 1 aromatic carbocycles. The highest BCUT2D eigenvalue weighted by Gasteiger charge is 2.14. The van der Waals surface area contributed by atoms with Gasteiger partial charge in [0.25, 0.3) is 0 Å². The number of nitrogens with zero attached hydrogens (tertiary/aromatic N) is 2. The molecule has 0 heterocycles. The van der Waals surface area contributed by atoms with E-state index in [2.05, 4.69) is 68.9 Å². The van der Waals surface area contributed by atoms with E-state index in [9.17, 15) is 0 Å². The van der Waals surface area contributed by atoms with Crippen molar-refractivity contribution in [3.8, 4) is 0 Å². The smallest absolute Gasteiger partial charge is 0.0388 e. The number of hydrogen-bond acceptors (Lipinski definition) is 3. The van der Waals surface area contributed by atoms with Crippen LogP contribution < -0.4 is 10.6 Å². The predicted octanol–water partition coefficient (Wildman–Crippen LogP) is 2.87. The van der Waals surface area contributed by atoms with E-state index >= 15 is 0 Å². The summed E-state index contributed by atoms with van der Waals surface area (Å²) >= 11 is 0. The summed E-state index contributed by atoms with van der Waals surface area (Å²) in [4.78, 5) is 4.66. The third kappa shape index (κ3) is 4.51. The first-order valence-corrected chi connectivity index (χ1v) is 7.26. The van der Waals surface area contributed by atoms with E-state index in [0.29, 0.717) is 6.04 Å². The second-order valence-corrected chi connectivity index (χ2v) is 5.50. The molecule has 0 aliphatic carbocycles. The maximum Gasteiger partial charge on any atom is 0.0388 e. The zero-order valence-corrected chi connectivity index (χ0v) is 13.1. The van der Waals surface area contributed by atoms with Crippen molar-refractivity contribution in [3.63, 3.8) is 0 Å². The summed E-state index contributed by atoms with van der Waals surface area (Å²) in [5.41, 5.74) is 8.56. The number of nitrogens with two attached hydrogens (primary N) is 1. The highest BCUT2D eigenvalue weighted by molar-refractivity contribution is 5.48. The Morgan fingerprint density at radius 1 is 1.11 bits per heavy atom. The summed E-state index contributed by atoms with van der Waals surface area (Å²) in [5, 5.41) is 0. The fourth-order valence-electron chi connectivity index (χ4n) is 2.52. The Labute approximate surface area is 118 Å². The minimum atomic E-state index is 0.156. The summed E-state index contributed by atoms with van der Waals surface area (Å²) in [6.07, 6.45) is 0.980. The SMILES string of the molecule is CC[C@H](N)c1ccc(N(CC)C(C)CN(C)C)cc1. The van der Waals surface area contributed by atoms with Crippen molar-refractivity contribution in [1.82, 2.24) is 4.90 Å². The molecule has 108 valence electrons. The molecule has 0 spiro atoms. The molecule has 1 rings (SSSR count). The Bertz CT molecular complexity index is 359. The summed E-state index contributed by atoms with van der Waals surface area (Å²) in [6, 6.07) is 9.37. The van der Waals surface area contributed by atoms with Crippen LogP contribution in [0.25, 0.3) is 0 Å². The molecule has 0 saturated carbocycles. The Morgan fingerprint density at radius 3 is 2.11 bits per heavy atom. The van der Waals surface area contributed by atoms with Gasteiger partial charge in [0.1, 0.15) is 0 Å². The molecular formula is C16H29N3. The minimum absolute atomic E-state index is 0.156. The van der Waals surface area contributed by atoms with Crippen LogP contribution in [0.3, 0.4) is 0 Å². The van der Waals surface area contributed by atoms with Gasteiger partial charge in [-0.2, -0.15) is 0 Å². The van der Waals surface area contributed by atoms with Gasteiger partial charge in [0.15, 0.2) is 0 Å². The molecule has 0 aromatic heterocycles. The topological polar surface area (TPSA) is 32.5 Å². The van der Waals surface area contributed by atoms with Crippen LogP contribution in [-0.4, -0.2) is 38.1 Å². The van der Waals surface area contributed by atoms with Gasteiger partial charge in [-0.15, -0.1) is 0 Å². The van der Waals surface area contributed by atoms with Gasteiger partial charge < -0.3 is 15.5 Å². The number of anilines is 1. The third-order valence-corrected chi connectivity index (χ3v) is 3.59. The van der Waals surface area contributed by atoms with Crippen LogP contribution in [0, 0.1) is 0 Å². The van der Waals surface area contributed by atoms with E-state index in [1.54, 1.807) is 0 Å². The average Bonchev–Trinajstić information content (AvgIpc) is 2.38. The largest absolute Gasteiger partial charge is 0.368 e. The van der Waals surface area contributed by atoms with Gasteiger partial charge in [-0.1, -0.05) is 19.1 Å². The molecule has 0 radical (unpaired) electrons. The van der Waals surface area contributed by atoms with Crippen LogP contribution >= 0.6 is 0 Å². The van der Waals surface area contributed by atoms with Crippen molar-refractivity contribution in [2.45, 2.75) is 39.3 Å². The normalized spacial score (nSPS) is 14.5. The van der Waals surface area contributed by atoms with Gasteiger partial charge in [-0.05, 0) is 52.1 Å². The van der Waals surface area contributed by atoms with Crippen LogP contribution in [0.15, 0.2) is 24.3 Å². The van der Waals surface area contributed by atoms with Gasteiger partial charge in [-0.25, -0.2) is 0 Å². The lowest BCUT2D eigenvalue weighted by molar-refractivity contribution is 0.373. The Kier molecular flexibility index (Phi) is 6.32. The van der Waals surface area contributed by atoms with E-state index in [-0.39, 0.29) is 6.04 Å². The molecule has 1 aromatic rings. The summed E-state index contributed by atoms with van der Waals surface area (Å²) < 4.78 is 0. The average molecular weight is 263 g/mol. The number of rotatable bonds is 7. The molecule has 3 heteroatoms. The summed E-state index contributed by atoms with van der Waals surface area (Å²) in [7, 11) is 4.24. The van der Waals surface area contributed by atoms with Crippen LogP contribution in [0.1, 0.15) is 38.8 Å². The van der Waals surface area contributed by atoms with Crippen molar-refractivity contribution in [2.75, 3.05) is 32.1 Å². The van der Waals surface area contributed by atoms with Crippen LogP contribution in [0.4, 0.5) is 5.69 Å². The van der Waals surface area contributed by atoms with Crippen molar-refractivity contribution in [1.29, 1.82) is 0 Å². The molecular weight excluding hydrogens is 234 g/mol. The van der Waals surface area contributed by atoms with Crippen molar-refractivity contribution >= 4 is 5.69 Å². The fraction of sp³-hybridized carbons (Fsp3) is 0.625. The van der Waals surface area contributed by atoms with Crippen molar-refractivity contribution < 1.29 is 0 Å². The highest BCUT2D eigenvalue weighted by atomic mass is 15.2.